The average Bonchev–Trinajstić information content (AvgIpc) is 2.35. The van der Waals surface area contributed by atoms with Crippen molar-refractivity contribution in [2.45, 2.75) is 32.1 Å². The number of hydrogen-bond donors (Lipinski definition) is 1. The van der Waals surface area contributed by atoms with E-state index in [9.17, 15) is 4.79 Å². The molecule has 0 amide bonds. The Hall–Kier alpha value is -1.58. The molecule has 0 fully saturated rings. The number of rotatable bonds is 4. The quantitative estimate of drug-likeness (QED) is 0.864. The van der Waals surface area contributed by atoms with Gasteiger partial charge in [0, 0.05) is 31.2 Å². The summed E-state index contributed by atoms with van der Waals surface area (Å²) in [6, 6.07) is 1.99. The number of aromatic nitrogens is 1. The lowest BCUT2D eigenvalue weighted by Crippen LogP contribution is -2.23. The first kappa shape index (κ1) is 11.9. The lowest BCUT2D eigenvalue weighted by atomic mass is 9.94. The van der Waals surface area contributed by atoms with E-state index < -0.39 is 5.97 Å². The van der Waals surface area contributed by atoms with Gasteiger partial charge >= 0.3 is 5.97 Å². The van der Waals surface area contributed by atoms with Crippen molar-refractivity contribution in [2.24, 2.45) is 0 Å². The zero-order valence-electron chi connectivity index (χ0n) is 10.1. The van der Waals surface area contributed by atoms with Crippen molar-refractivity contribution in [2.75, 3.05) is 18.5 Å². The van der Waals surface area contributed by atoms with E-state index >= 15 is 0 Å². The largest absolute Gasteiger partial charge is 0.481 e. The predicted molar refractivity (Wildman–Crippen MR) is 66.4 cm³/mol. The monoisotopic (exact) mass is 234 g/mol. The van der Waals surface area contributed by atoms with E-state index in [1.807, 2.05) is 24.2 Å². The van der Waals surface area contributed by atoms with Crippen molar-refractivity contribution in [3.05, 3.63) is 23.5 Å². The first-order chi connectivity index (χ1) is 8.18. The summed E-state index contributed by atoms with van der Waals surface area (Å²) < 4.78 is 0. The number of hydrogen-bond acceptors (Lipinski definition) is 3. The number of anilines is 1. The minimum absolute atomic E-state index is 0.174. The maximum absolute atomic E-state index is 10.6. The van der Waals surface area contributed by atoms with Crippen LogP contribution in [0.2, 0.25) is 0 Å². The highest BCUT2D eigenvalue weighted by Gasteiger charge is 2.16. The van der Waals surface area contributed by atoms with Crippen LogP contribution >= 0.6 is 0 Å². The molecule has 0 atom stereocenters. The van der Waals surface area contributed by atoms with Crippen LogP contribution in [0.25, 0.3) is 0 Å². The molecule has 0 saturated heterocycles. The number of carboxylic acids is 1. The third-order valence-electron chi connectivity index (χ3n) is 3.28. The molecule has 0 bridgehead atoms. The Morgan fingerprint density at radius 1 is 1.47 bits per heavy atom. The van der Waals surface area contributed by atoms with Crippen LogP contribution in [0.4, 0.5) is 5.69 Å². The van der Waals surface area contributed by atoms with Gasteiger partial charge in [-0.05, 0) is 37.3 Å². The van der Waals surface area contributed by atoms with Crippen molar-refractivity contribution < 1.29 is 9.90 Å². The summed E-state index contributed by atoms with van der Waals surface area (Å²) in [5.74, 6) is -0.750. The van der Waals surface area contributed by atoms with E-state index in [-0.39, 0.29) is 6.42 Å². The summed E-state index contributed by atoms with van der Waals surface area (Å²) in [5.41, 5.74) is 3.65. The van der Waals surface area contributed by atoms with Crippen LogP contribution in [0, 0.1) is 0 Å². The van der Waals surface area contributed by atoms with Crippen LogP contribution in [0.5, 0.6) is 0 Å². The molecule has 1 aromatic rings. The van der Waals surface area contributed by atoms with Gasteiger partial charge in [0.25, 0.3) is 0 Å². The summed E-state index contributed by atoms with van der Waals surface area (Å²) in [4.78, 5) is 17.0. The highest BCUT2D eigenvalue weighted by molar-refractivity contribution is 5.68. The Balaban J connectivity index is 2.17. The number of aliphatic carboxylic acids is 1. The van der Waals surface area contributed by atoms with Crippen LogP contribution < -0.4 is 4.90 Å². The normalized spacial score (nSPS) is 14.2. The lowest BCUT2D eigenvalue weighted by molar-refractivity contribution is -0.136. The molecule has 0 radical (unpaired) electrons. The first-order valence-electron chi connectivity index (χ1n) is 6.08. The molecule has 0 saturated carbocycles. The molecule has 92 valence electrons. The number of nitrogens with zero attached hydrogens (tertiary/aromatic N) is 2. The van der Waals surface area contributed by atoms with Crippen LogP contribution in [-0.2, 0) is 17.6 Å². The fourth-order valence-electron chi connectivity index (χ4n) is 2.35. The Morgan fingerprint density at radius 2 is 2.24 bits per heavy atom. The molecule has 1 aliphatic rings. The number of carbonyl (C=O) groups is 1. The third kappa shape index (κ3) is 2.75. The van der Waals surface area contributed by atoms with Gasteiger partial charge in [-0.3, -0.25) is 9.78 Å². The van der Waals surface area contributed by atoms with Gasteiger partial charge in [-0.1, -0.05) is 0 Å². The molecule has 2 rings (SSSR count). The maximum Gasteiger partial charge on any atom is 0.305 e. The second-order valence-electron chi connectivity index (χ2n) is 4.53. The van der Waals surface area contributed by atoms with E-state index in [0.29, 0.717) is 6.54 Å². The zero-order valence-corrected chi connectivity index (χ0v) is 10.1. The maximum atomic E-state index is 10.6. The summed E-state index contributed by atoms with van der Waals surface area (Å²) >= 11 is 0. The van der Waals surface area contributed by atoms with Crippen LogP contribution in [-0.4, -0.2) is 29.7 Å². The van der Waals surface area contributed by atoms with Crippen LogP contribution in [0.3, 0.4) is 0 Å². The van der Waals surface area contributed by atoms with Gasteiger partial charge < -0.3 is 10.0 Å². The van der Waals surface area contributed by atoms with Gasteiger partial charge in [0.15, 0.2) is 0 Å². The molecule has 1 N–H and O–H groups in total. The Morgan fingerprint density at radius 3 is 3.00 bits per heavy atom. The van der Waals surface area contributed by atoms with E-state index in [1.165, 1.54) is 24.1 Å². The minimum Gasteiger partial charge on any atom is -0.481 e. The number of aryl methyl sites for hydroxylation is 1. The van der Waals surface area contributed by atoms with E-state index in [0.717, 1.165) is 18.5 Å². The van der Waals surface area contributed by atoms with E-state index in [4.69, 9.17) is 5.11 Å². The molecular weight excluding hydrogens is 216 g/mol. The van der Waals surface area contributed by atoms with E-state index in [1.54, 1.807) is 0 Å². The summed E-state index contributed by atoms with van der Waals surface area (Å²) in [6.07, 6.45) is 6.54. The molecule has 4 nitrogen and oxygen atoms in total. The van der Waals surface area contributed by atoms with Crippen molar-refractivity contribution >= 4 is 11.7 Å². The predicted octanol–water partition coefficient (Wildman–Crippen LogP) is 1.87. The number of carboxylic acid groups (broad SMARTS) is 1. The molecular formula is C13H18N2O2. The molecule has 4 heteroatoms. The SMILES string of the molecule is CN(CCC(=O)O)c1ccnc2c1CCCC2. The van der Waals surface area contributed by atoms with Crippen LogP contribution in [0.1, 0.15) is 30.5 Å². The molecule has 1 heterocycles. The molecule has 1 aromatic heterocycles. The Bertz CT molecular complexity index is 418. The second-order valence-corrected chi connectivity index (χ2v) is 4.53. The molecule has 17 heavy (non-hydrogen) atoms. The topological polar surface area (TPSA) is 53.4 Å². The molecule has 0 spiro atoms. The molecule has 0 aromatic carbocycles. The molecule has 1 aliphatic carbocycles. The Labute approximate surface area is 101 Å². The van der Waals surface area contributed by atoms with Gasteiger partial charge in [0.2, 0.25) is 0 Å². The lowest BCUT2D eigenvalue weighted by Gasteiger charge is -2.25. The van der Waals surface area contributed by atoms with Crippen molar-refractivity contribution in [1.29, 1.82) is 0 Å². The molecule has 0 unspecified atom stereocenters. The van der Waals surface area contributed by atoms with Gasteiger partial charge in [-0.2, -0.15) is 0 Å². The smallest absolute Gasteiger partial charge is 0.305 e. The van der Waals surface area contributed by atoms with Gasteiger partial charge in [0.1, 0.15) is 0 Å². The standard InChI is InChI=1S/C13H18N2O2/c1-15(9-7-13(16)17)12-6-8-14-11-5-3-2-4-10(11)12/h6,8H,2-5,7,9H2,1H3,(H,16,17). The zero-order chi connectivity index (χ0) is 12.3. The number of fused-ring (bicyclic) bond motifs is 1. The summed E-state index contributed by atoms with van der Waals surface area (Å²) in [6.45, 7) is 0.547. The first-order valence-corrected chi connectivity index (χ1v) is 6.08. The minimum atomic E-state index is -0.750. The highest BCUT2D eigenvalue weighted by atomic mass is 16.4. The fraction of sp³-hybridized carbons (Fsp3) is 0.538. The Kier molecular flexibility index (Phi) is 3.61. The van der Waals surface area contributed by atoms with Gasteiger partial charge in [0.05, 0.1) is 6.42 Å². The van der Waals surface area contributed by atoms with E-state index in [2.05, 4.69) is 4.98 Å². The average molecular weight is 234 g/mol. The number of pyridine rings is 1. The highest BCUT2D eigenvalue weighted by Crippen LogP contribution is 2.28. The summed E-state index contributed by atoms with van der Waals surface area (Å²) in [7, 11) is 1.95. The second kappa shape index (κ2) is 5.17. The third-order valence-corrected chi connectivity index (χ3v) is 3.28. The van der Waals surface area contributed by atoms with Crippen LogP contribution in [0.15, 0.2) is 12.3 Å². The van der Waals surface area contributed by atoms with Crippen molar-refractivity contribution in [3.63, 3.8) is 0 Å². The van der Waals surface area contributed by atoms with Gasteiger partial charge in [-0.25, -0.2) is 0 Å². The molecule has 0 aliphatic heterocycles. The summed E-state index contributed by atoms with van der Waals surface area (Å²) in [5, 5.41) is 8.71. The van der Waals surface area contributed by atoms with Crippen molar-refractivity contribution in [3.8, 4) is 0 Å². The van der Waals surface area contributed by atoms with Gasteiger partial charge in [-0.15, -0.1) is 0 Å². The fourth-order valence-corrected chi connectivity index (χ4v) is 2.35. The van der Waals surface area contributed by atoms with Crippen molar-refractivity contribution in [1.82, 2.24) is 4.98 Å².